The Morgan fingerprint density at radius 3 is 1.95 bits per heavy atom. The number of benzene rings is 2. The zero-order valence-corrected chi connectivity index (χ0v) is 26.0. The van der Waals surface area contributed by atoms with E-state index in [-0.39, 0.29) is 17.6 Å². The third-order valence-electron chi connectivity index (χ3n) is 7.00. The smallest absolute Gasteiger partial charge is 0.425 e. The van der Waals surface area contributed by atoms with Gasteiger partial charge in [0.1, 0.15) is 40.5 Å². The van der Waals surface area contributed by atoms with Crippen LogP contribution in [0.2, 0.25) is 0 Å². The van der Waals surface area contributed by atoms with Crippen molar-refractivity contribution in [1.29, 1.82) is 0 Å². The maximum Gasteiger partial charge on any atom is 0.425 e. The number of carbonyl (C=O) groups is 3. The summed E-state index contributed by atoms with van der Waals surface area (Å²) in [7, 11) is 0. The fraction of sp³-hybridized carbons (Fsp3) is 0.382. The zero-order valence-electron chi connectivity index (χ0n) is 26.0. The molecule has 0 unspecified atom stereocenters. The molecule has 1 aliphatic carbocycles. The molecule has 4 aromatic rings. The summed E-state index contributed by atoms with van der Waals surface area (Å²) in [6, 6.07) is 17.0. The topological polar surface area (TPSA) is 113 Å². The van der Waals surface area contributed by atoms with Crippen molar-refractivity contribution >= 4 is 34.8 Å². The molecule has 0 bridgehead atoms. The summed E-state index contributed by atoms with van der Waals surface area (Å²) in [5.74, 6) is 1.65. The Kier molecular flexibility index (Phi) is 8.45. The fourth-order valence-electron chi connectivity index (χ4n) is 5.13. The molecule has 1 aliphatic rings. The number of rotatable bonds is 5. The molecule has 0 spiro atoms. The highest BCUT2D eigenvalue weighted by molar-refractivity contribution is 6.16. The number of imide groups is 1. The molecule has 0 radical (unpaired) electrons. The van der Waals surface area contributed by atoms with Crippen LogP contribution in [0.3, 0.4) is 0 Å². The van der Waals surface area contributed by atoms with Crippen LogP contribution in [-0.4, -0.2) is 43.7 Å². The molecule has 2 aromatic carbocycles. The highest BCUT2D eigenvalue weighted by Crippen LogP contribution is 2.40. The minimum Gasteiger partial charge on any atom is -0.457 e. The van der Waals surface area contributed by atoms with Crippen molar-refractivity contribution in [1.82, 2.24) is 14.5 Å². The lowest BCUT2D eigenvalue weighted by molar-refractivity contribution is -0.120. The number of hydrogen-bond donors (Lipinski definition) is 0. The summed E-state index contributed by atoms with van der Waals surface area (Å²) in [5.41, 5.74) is 0.260. The summed E-state index contributed by atoms with van der Waals surface area (Å²) in [4.78, 5) is 49.2. The van der Waals surface area contributed by atoms with Gasteiger partial charge in [-0.1, -0.05) is 30.3 Å². The Labute approximate surface area is 257 Å². The average molecular weight is 599 g/mol. The zero-order chi connectivity index (χ0) is 31.6. The van der Waals surface area contributed by atoms with Crippen LogP contribution in [0.1, 0.15) is 73.3 Å². The first kappa shape index (κ1) is 30.7. The normalized spacial score (nSPS) is 14.4. The summed E-state index contributed by atoms with van der Waals surface area (Å²) in [5, 5.41) is 0.484. The Hall–Kier alpha value is -4.73. The van der Waals surface area contributed by atoms with Crippen LogP contribution in [0.15, 0.2) is 67.1 Å². The molecule has 0 saturated heterocycles. The molecule has 230 valence electrons. The van der Waals surface area contributed by atoms with Gasteiger partial charge in [-0.3, -0.25) is 4.79 Å². The highest BCUT2D eigenvalue weighted by atomic mass is 16.6. The lowest BCUT2D eigenvalue weighted by Gasteiger charge is -2.28. The second-order valence-corrected chi connectivity index (χ2v) is 12.9. The number of fused-ring (bicyclic) bond motifs is 1. The summed E-state index contributed by atoms with van der Waals surface area (Å²) in [6.07, 6.45) is 3.72. The van der Waals surface area contributed by atoms with Crippen molar-refractivity contribution in [2.24, 2.45) is 0 Å². The van der Waals surface area contributed by atoms with Gasteiger partial charge in [0.05, 0.1) is 5.39 Å². The summed E-state index contributed by atoms with van der Waals surface area (Å²) < 4.78 is 19.3. The Morgan fingerprint density at radius 2 is 1.39 bits per heavy atom. The second kappa shape index (κ2) is 12.1. The molecule has 0 atom stereocenters. The largest absolute Gasteiger partial charge is 0.457 e. The van der Waals surface area contributed by atoms with Crippen LogP contribution >= 0.6 is 0 Å². The SMILES string of the molecule is CC(C)(C)OC(=O)N(C(=O)OC(C)(C)C)c1ncnc2c1c(-c1ccc(Oc3ccccc3)cc1)cn2C1CCC(=O)CC1. The number of anilines is 1. The van der Waals surface area contributed by atoms with E-state index in [9.17, 15) is 14.4 Å². The molecule has 5 rings (SSSR count). The number of carbonyl (C=O) groups excluding carboxylic acids is 3. The third-order valence-corrected chi connectivity index (χ3v) is 7.00. The van der Waals surface area contributed by atoms with E-state index in [2.05, 4.69) is 9.97 Å². The first-order valence-electron chi connectivity index (χ1n) is 14.8. The van der Waals surface area contributed by atoms with Crippen LogP contribution in [-0.2, 0) is 14.3 Å². The van der Waals surface area contributed by atoms with Gasteiger partial charge < -0.3 is 18.8 Å². The molecule has 0 N–H and O–H groups in total. The van der Waals surface area contributed by atoms with E-state index in [0.29, 0.717) is 53.8 Å². The molecule has 1 saturated carbocycles. The summed E-state index contributed by atoms with van der Waals surface area (Å²) in [6.45, 7) is 10.3. The number of hydrogen-bond acceptors (Lipinski definition) is 8. The first-order chi connectivity index (χ1) is 20.8. The van der Waals surface area contributed by atoms with Gasteiger partial charge in [0.25, 0.3) is 0 Å². The molecular weight excluding hydrogens is 560 g/mol. The van der Waals surface area contributed by atoms with Crippen molar-refractivity contribution < 1.29 is 28.6 Å². The van der Waals surface area contributed by atoms with Crippen LogP contribution in [0, 0.1) is 0 Å². The van der Waals surface area contributed by atoms with E-state index in [1.54, 1.807) is 41.5 Å². The van der Waals surface area contributed by atoms with Crippen LogP contribution in [0.5, 0.6) is 11.5 Å². The summed E-state index contributed by atoms with van der Waals surface area (Å²) >= 11 is 0. The van der Waals surface area contributed by atoms with Crippen LogP contribution < -0.4 is 9.64 Å². The molecule has 10 heteroatoms. The van der Waals surface area contributed by atoms with Crippen molar-refractivity contribution in [3.05, 3.63) is 67.1 Å². The average Bonchev–Trinajstić information content (AvgIpc) is 3.33. The van der Waals surface area contributed by atoms with E-state index >= 15 is 0 Å². The van der Waals surface area contributed by atoms with Gasteiger partial charge in [-0.05, 0) is 84.2 Å². The molecule has 10 nitrogen and oxygen atoms in total. The molecule has 44 heavy (non-hydrogen) atoms. The standard InChI is InChI=1S/C34H38N4O6/c1-33(2,3)43-31(40)38(32(41)44-34(4,5)6)30-28-27(22-12-18-26(19-13-22)42-25-10-8-7-9-11-25)20-37(29(28)35-21-36-30)23-14-16-24(39)17-15-23/h7-13,18-21,23H,14-17H2,1-6H3. The molecule has 2 heterocycles. The Morgan fingerprint density at radius 1 is 0.818 bits per heavy atom. The van der Waals surface area contributed by atoms with E-state index in [1.165, 1.54) is 6.33 Å². The molecular formula is C34H38N4O6. The highest BCUT2D eigenvalue weighted by Gasteiger charge is 2.36. The third kappa shape index (κ3) is 7.07. The second-order valence-electron chi connectivity index (χ2n) is 12.9. The number of para-hydroxylation sites is 1. The van der Waals surface area contributed by atoms with Gasteiger partial charge in [0, 0.05) is 30.6 Å². The minimum atomic E-state index is -0.916. The van der Waals surface area contributed by atoms with Crippen molar-refractivity contribution in [2.45, 2.75) is 84.5 Å². The molecule has 1 fully saturated rings. The minimum absolute atomic E-state index is 0.00360. The number of Topliss-reactive ketones (excluding diaryl/α,β-unsaturated/α-hetero) is 1. The quantitative estimate of drug-likeness (QED) is 0.226. The Balaban J connectivity index is 1.66. The van der Waals surface area contributed by atoms with Gasteiger partial charge in [-0.25, -0.2) is 19.6 Å². The van der Waals surface area contributed by atoms with Gasteiger partial charge in [-0.15, -0.1) is 0 Å². The molecule has 0 aliphatic heterocycles. The van der Waals surface area contributed by atoms with Gasteiger partial charge in [-0.2, -0.15) is 4.90 Å². The number of nitrogens with zero attached hydrogens (tertiary/aromatic N) is 4. The maximum atomic E-state index is 13.6. The lowest BCUT2D eigenvalue weighted by atomic mass is 9.94. The molecule has 2 aromatic heterocycles. The van der Waals surface area contributed by atoms with E-state index < -0.39 is 23.4 Å². The van der Waals surface area contributed by atoms with E-state index in [1.807, 2.05) is 65.4 Å². The number of amides is 2. The lowest BCUT2D eigenvalue weighted by Crippen LogP contribution is -2.44. The van der Waals surface area contributed by atoms with Crippen molar-refractivity contribution in [3.8, 4) is 22.6 Å². The fourth-order valence-corrected chi connectivity index (χ4v) is 5.13. The van der Waals surface area contributed by atoms with Gasteiger partial charge in [0.2, 0.25) is 0 Å². The van der Waals surface area contributed by atoms with Crippen LogP contribution in [0.4, 0.5) is 15.4 Å². The monoisotopic (exact) mass is 598 g/mol. The maximum absolute atomic E-state index is 13.6. The van der Waals surface area contributed by atoms with E-state index in [0.717, 1.165) is 10.5 Å². The molecule has 2 amide bonds. The Bertz CT molecular complexity index is 1630. The van der Waals surface area contributed by atoms with E-state index in [4.69, 9.17) is 14.2 Å². The number of aromatic nitrogens is 3. The number of ketones is 1. The predicted molar refractivity (Wildman–Crippen MR) is 167 cm³/mol. The van der Waals surface area contributed by atoms with Crippen LogP contribution in [0.25, 0.3) is 22.2 Å². The van der Waals surface area contributed by atoms with Crippen molar-refractivity contribution in [2.75, 3.05) is 4.90 Å². The first-order valence-corrected chi connectivity index (χ1v) is 14.8. The van der Waals surface area contributed by atoms with Gasteiger partial charge in [0.15, 0.2) is 5.82 Å². The van der Waals surface area contributed by atoms with Gasteiger partial charge >= 0.3 is 12.2 Å². The predicted octanol–water partition coefficient (Wildman–Crippen LogP) is 8.25. The van der Waals surface area contributed by atoms with Crippen molar-refractivity contribution in [3.63, 3.8) is 0 Å². The number of ether oxygens (including phenoxy) is 3.